The molecular weight excluding hydrogens is 214 g/mol. The van der Waals surface area contributed by atoms with E-state index < -0.39 is 0 Å². The molecule has 0 amide bonds. The van der Waals surface area contributed by atoms with E-state index in [-0.39, 0.29) is 0 Å². The molecule has 2 rings (SSSR count). The molecule has 1 saturated carbocycles. The van der Waals surface area contributed by atoms with Crippen LogP contribution in [0.5, 0.6) is 0 Å². The van der Waals surface area contributed by atoms with E-state index in [0.717, 1.165) is 30.6 Å². The number of nitrogens with zero attached hydrogens (tertiary/aromatic N) is 2. The zero-order chi connectivity index (χ0) is 12.1. The summed E-state index contributed by atoms with van der Waals surface area (Å²) in [6.07, 6.45) is 7.70. The van der Waals surface area contributed by atoms with Crippen LogP contribution in [0.3, 0.4) is 0 Å². The fourth-order valence-corrected chi connectivity index (χ4v) is 2.88. The second kappa shape index (κ2) is 6.15. The van der Waals surface area contributed by atoms with Crippen molar-refractivity contribution >= 4 is 0 Å². The summed E-state index contributed by atoms with van der Waals surface area (Å²) < 4.78 is 4.73. The van der Waals surface area contributed by atoms with Gasteiger partial charge in [-0.3, -0.25) is 0 Å². The Morgan fingerprint density at radius 3 is 2.94 bits per heavy atom. The van der Waals surface area contributed by atoms with Crippen molar-refractivity contribution in [3.05, 3.63) is 12.2 Å². The Hall–Kier alpha value is -0.900. The Morgan fingerprint density at radius 1 is 1.41 bits per heavy atom. The van der Waals surface area contributed by atoms with E-state index >= 15 is 0 Å². The summed E-state index contributed by atoms with van der Waals surface area (Å²) in [5, 5.41) is 7.50. The maximum Gasteiger partial charge on any atom is 0.213 e. The number of hydrogen-bond acceptors (Lipinski definition) is 4. The average molecular weight is 237 g/mol. The Balaban J connectivity index is 1.76. The van der Waals surface area contributed by atoms with Crippen LogP contribution in [-0.2, 0) is 6.42 Å². The van der Waals surface area contributed by atoms with Crippen LogP contribution in [0.25, 0.3) is 0 Å². The quantitative estimate of drug-likeness (QED) is 0.854. The molecule has 17 heavy (non-hydrogen) atoms. The molecule has 1 aliphatic carbocycles. The van der Waals surface area contributed by atoms with Crippen LogP contribution < -0.4 is 5.32 Å². The lowest BCUT2D eigenvalue weighted by Gasteiger charge is -2.35. The molecule has 1 aromatic heterocycles. The first-order valence-corrected chi connectivity index (χ1v) is 6.76. The van der Waals surface area contributed by atoms with E-state index in [9.17, 15) is 0 Å². The highest BCUT2D eigenvalue weighted by Gasteiger charge is 2.26. The van der Waals surface area contributed by atoms with Gasteiger partial charge in [0.2, 0.25) is 6.39 Å². The molecule has 0 spiro atoms. The van der Waals surface area contributed by atoms with Gasteiger partial charge in [-0.1, -0.05) is 31.8 Å². The molecule has 0 aromatic carbocycles. The van der Waals surface area contributed by atoms with Gasteiger partial charge in [-0.05, 0) is 24.7 Å². The normalized spacial score (nSPS) is 25.4. The molecule has 1 N–H and O–H groups in total. The standard InChI is InChI=1S/C13H23N3O/c1-10(2)11-5-3-4-6-12(11)14-8-7-13-15-9-17-16-13/h9-12,14H,3-8H2,1-2H3. The van der Waals surface area contributed by atoms with Gasteiger partial charge in [-0.2, -0.15) is 4.98 Å². The Morgan fingerprint density at radius 2 is 2.24 bits per heavy atom. The molecule has 4 heteroatoms. The Kier molecular flexibility index (Phi) is 4.54. The van der Waals surface area contributed by atoms with Gasteiger partial charge in [-0.25, -0.2) is 0 Å². The number of aromatic nitrogens is 2. The minimum Gasteiger partial charge on any atom is -0.343 e. The molecule has 4 nitrogen and oxygen atoms in total. The van der Waals surface area contributed by atoms with Crippen LogP contribution in [0, 0.1) is 11.8 Å². The third-order valence-corrected chi connectivity index (χ3v) is 3.84. The van der Waals surface area contributed by atoms with Gasteiger partial charge in [-0.15, -0.1) is 0 Å². The fourth-order valence-electron chi connectivity index (χ4n) is 2.88. The molecule has 1 aromatic rings. The van der Waals surface area contributed by atoms with Gasteiger partial charge >= 0.3 is 0 Å². The summed E-state index contributed by atoms with van der Waals surface area (Å²) in [6, 6.07) is 0.677. The van der Waals surface area contributed by atoms with Crippen LogP contribution in [0.15, 0.2) is 10.9 Å². The highest BCUT2D eigenvalue weighted by atomic mass is 16.5. The van der Waals surface area contributed by atoms with Gasteiger partial charge in [0.05, 0.1) is 0 Å². The largest absolute Gasteiger partial charge is 0.343 e. The topological polar surface area (TPSA) is 51.0 Å². The zero-order valence-corrected chi connectivity index (χ0v) is 10.9. The van der Waals surface area contributed by atoms with Crippen molar-refractivity contribution in [2.75, 3.05) is 6.54 Å². The minimum atomic E-state index is 0.677. The van der Waals surface area contributed by atoms with Crippen molar-refractivity contribution in [1.82, 2.24) is 15.5 Å². The summed E-state index contributed by atoms with van der Waals surface area (Å²) in [5.74, 6) is 2.40. The van der Waals surface area contributed by atoms with E-state index in [1.54, 1.807) is 0 Å². The summed E-state index contributed by atoms with van der Waals surface area (Å²) in [6.45, 7) is 5.63. The molecule has 1 heterocycles. The maximum atomic E-state index is 4.73. The van der Waals surface area contributed by atoms with Crippen molar-refractivity contribution in [1.29, 1.82) is 0 Å². The van der Waals surface area contributed by atoms with Gasteiger partial charge in [0.15, 0.2) is 5.82 Å². The third kappa shape index (κ3) is 3.53. The minimum absolute atomic E-state index is 0.677. The number of rotatable bonds is 5. The van der Waals surface area contributed by atoms with E-state index in [1.165, 1.54) is 32.1 Å². The predicted octanol–water partition coefficient (Wildman–Crippen LogP) is 2.42. The molecule has 0 radical (unpaired) electrons. The molecular formula is C13H23N3O. The lowest BCUT2D eigenvalue weighted by molar-refractivity contribution is 0.206. The molecule has 1 aliphatic rings. The molecule has 2 unspecified atom stereocenters. The predicted molar refractivity (Wildman–Crippen MR) is 66.6 cm³/mol. The van der Waals surface area contributed by atoms with Gasteiger partial charge in [0.25, 0.3) is 0 Å². The zero-order valence-electron chi connectivity index (χ0n) is 10.9. The number of hydrogen-bond donors (Lipinski definition) is 1. The van der Waals surface area contributed by atoms with Crippen LogP contribution in [0.4, 0.5) is 0 Å². The molecule has 0 aliphatic heterocycles. The average Bonchev–Trinajstić information content (AvgIpc) is 2.82. The lowest BCUT2D eigenvalue weighted by atomic mass is 9.78. The van der Waals surface area contributed by atoms with Crippen molar-refractivity contribution in [2.24, 2.45) is 11.8 Å². The van der Waals surface area contributed by atoms with Crippen molar-refractivity contribution in [3.8, 4) is 0 Å². The van der Waals surface area contributed by atoms with Crippen LogP contribution in [0.2, 0.25) is 0 Å². The van der Waals surface area contributed by atoms with Crippen LogP contribution in [0.1, 0.15) is 45.4 Å². The van der Waals surface area contributed by atoms with Crippen molar-refractivity contribution in [3.63, 3.8) is 0 Å². The van der Waals surface area contributed by atoms with E-state index in [1.807, 2.05) is 0 Å². The lowest BCUT2D eigenvalue weighted by Crippen LogP contribution is -2.41. The highest BCUT2D eigenvalue weighted by Crippen LogP contribution is 2.30. The Labute approximate surface area is 103 Å². The second-order valence-electron chi connectivity index (χ2n) is 5.35. The van der Waals surface area contributed by atoms with Crippen molar-refractivity contribution in [2.45, 2.75) is 52.0 Å². The van der Waals surface area contributed by atoms with E-state index in [4.69, 9.17) is 4.52 Å². The van der Waals surface area contributed by atoms with Crippen LogP contribution in [-0.4, -0.2) is 22.7 Å². The highest BCUT2D eigenvalue weighted by molar-refractivity contribution is 4.85. The smallest absolute Gasteiger partial charge is 0.213 e. The molecule has 96 valence electrons. The summed E-state index contributed by atoms with van der Waals surface area (Å²) in [5.41, 5.74) is 0. The third-order valence-electron chi connectivity index (χ3n) is 3.84. The summed E-state index contributed by atoms with van der Waals surface area (Å²) in [7, 11) is 0. The second-order valence-corrected chi connectivity index (χ2v) is 5.35. The first kappa shape index (κ1) is 12.6. The fraction of sp³-hybridized carbons (Fsp3) is 0.846. The summed E-state index contributed by atoms with van der Waals surface area (Å²) >= 11 is 0. The monoisotopic (exact) mass is 237 g/mol. The van der Waals surface area contributed by atoms with Gasteiger partial charge in [0, 0.05) is 19.0 Å². The maximum absolute atomic E-state index is 4.73. The van der Waals surface area contributed by atoms with Gasteiger partial charge < -0.3 is 9.84 Å². The molecule has 0 saturated heterocycles. The van der Waals surface area contributed by atoms with Crippen LogP contribution >= 0.6 is 0 Å². The molecule has 2 atom stereocenters. The first-order valence-electron chi connectivity index (χ1n) is 6.76. The first-order chi connectivity index (χ1) is 8.27. The van der Waals surface area contributed by atoms with Crippen molar-refractivity contribution < 1.29 is 4.52 Å². The Bertz CT molecular complexity index is 310. The SMILES string of the molecule is CC(C)C1CCCCC1NCCc1ncon1. The van der Waals surface area contributed by atoms with Gasteiger partial charge in [0.1, 0.15) is 0 Å². The van der Waals surface area contributed by atoms with E-state index in [2.05, 4.69) is 29.3 Å². The molecule has 1 fully saturated rings. The summed E-state index contributed by atoms with van der Waals surface area (Å²) in [4.78, 5) is 4.04. The molecule has 0 bridgehead atoms. The van der Waals surface area contributed by atoms with E-state index in [0.29, 0.717) is 6.04 Å². The number of nitrogens with one attached hydrogen (secondary N) is 1.